The van der Waals surface area contributed by atoms with Crippen LogP contribution in [0.5, 0.6) is 5.75 Å². The third kappa shape index (κ3) is 4.49. The van der Waals surface area contributed by atoms with E-state index >= 15 is 0 Å². The van der Waals surface area contributed by atoms with E-state index in [9.17, 15) is 0 Å². The molecule has 32 heavy (non-hydrogen) atoms. The first-order valence-corrected chi connectivity index (χ1v) is 11.4. The summed E-state index contributed by atoms with van der Waals surface area (Å²) in [5.41, 5.74) is 3.71. The fourth-order valence-corrected chi connectivity index (χ4v) is 4.35. The van der Waals surface area contributed by atoms with E-state index in [1.807, 2.05) is 62.4 Å². The van der Waals surface area contributed by atoms with Crippen LogP contribution in [0.2, 0.25) is 5.02 Å². The Morgan fingerprint density at radius 1 is 1.19 bits per heavy atom. The van der Waals surface area contributed by atoms with Crippen molar-refractivity contribution in [1.29, 1.82) is 0 Å². The molecule has 1 aliphatic rings. The highest BCUT2D eigenvalue weighted by Gasteiger charge is 2.33. The predicted octanol–water partition coefficient (Wildman–Crippen LogP) is 5.86. The number of thiocarbonyl (C=S) groups is 1. The standard InChI is InChI=1S/C24H25ClN4O2S/c1-4-13-29-15(3)20(21(26-24(29)32)17-7-6-8-18(25)14-17)23-27-22(28-31-23)16-9-11-19(12-10-16)30-5-2/h6-12,14,21H,4-5,13H2,1-3H3,(H,26,32). The van der Waals surface area contributed by atoms with Crippen molar-refractivity contribution in [2.24, 2.45) is 0 Å². The van der Waals surface area contributed by atoms with Gasteiger partial charge in [0.25, 0.3) is 5.89 Å². The van der Waals surface area contributed by atoms with Crippen LogP contribution >= 0.6 is 23.8 Å². The summed E-state index contributed by atoms with van der Waals surface area (Å²) in [6, 6.07) is 15.1. The first kappa shape index (κ1) is 22.3. The number of aromatic nitrogens is 2. The number of allylic oxidation sites excluding steroid dienone is 1. The molecule has 0 fully saturated rings. The first-order valence-electron chi connectivity index (χ1n) is 10.6. The first-order chi connectivity index (χ1) is 15.5. The minimum atomic E-state index is -0.247. The van der Waals surface area contributed by atoms with Crippen LogP contribution in [0.3, 0.4) is 0 Å². The van der Waals surface area contributed by atoms with Gasteiger partial charge < -0.3 is 19.5 Å². The Kier molecular flexibility index (Phi) is 6.77. The van der Waals surface area contributed by atoms with E-state index < -0.39 is 0 Å². The Balaban J connectivity index is 1.76. The second-order valence-electron chi connectivity index (χ2n) is 7.47. The Morgan fingerprint density at radius 3 is 2.66 bits per heavy atom. The summed E-state index contributed by atoms with van der Waals surface area (Å²) in [4.78, 5) is 6.80. The molecule has 0 bridgehead atoms. The highest BCUT2D eigenvalue weighted by molar-refractivity contribution is 7.80. The molecule has 4 rings (SSSR count). The van der Waals surface area contributed by atoms with Gasteiger partial charge in [0.15, 0.2) is 5.11 Å². The van der Waals surface area contributed by atoms with Crippen LogP contribution in [-0.4, -0.2) is 33.3 Å². The number of ether oxygens (including phenoxy) is 1. The maximum atomic E-state index is 6.28. The molecule has 0 saturated carbocycles. The molecular weight excluding hydrogens is 444 g/mol. The molecule has 6 nitrogen and oxygen atoms in total. The Bertz CT molecular complexity index is 1140. The average molecular weight is 469 g/mol. The maximum Gasteiger partial charge on any atom is 0.258 e. The van der Waals surface area contributed by atoms with Crippen molar-refractivity contribution in [2.75, 3.05) is 13.2 Å². The van der Waals surface area contributed by atoms with Gasteiger partial charge in [-0.2, -0.15) is 4.98 Å². The van der Waals surface area contributed by atoms with E-state index in [2.05, 4.69) is 22.3 Å². The van der Waals surface area contributed by atoms with Crippen molar-refractivity contribution >= 4 is 34.5 Å². The summed E-state index contributed by atoms with van der Waals surface area (Å²) >= 11 is 11.9. The number of hydrogen-bond acceptors (Lipinski definition) is 5. The lowest BCUT2D eigenvalue weighted by atomic mass is 9.95. The lowest BCUT2D eigenvalue weighted by Crippen LogP contribution is -2.46. The zero-order valence-electron chi connectivity index (χ0n) is 18.3. The predicted molar refractivity (Wildman–Crippen MR) is 130 cm³/mol. The summed E-state index contributed by atoms with van der Waals surface area (Å²) in [6.07, 6.45) is 0.954. The van der Waals surface area contributed by atoms with E-state index in [0.29, 0.717) is 28.5 Å². The van der Waals surface area contributed by atoms with Crippen molar-refractivity contribution in [1.82, 2.24) is 20.4 Å². The minimum Gasteiger partial charge on any atom is -0.494 e. The normalized spacial score (nSPS) is 16.3. The molecule has 0 radical (unpaired) electrons. The number of nitrogens with zero attached hydrogens (tertiary/aromatic N) is 3. The van der Waals surface area contributed by atoms with E-state index in [-0.39, 0.29) is 6.04 Å². The van der Waals surface area contributed by atoms with Crippen molar-refractivity contribution in [3.8, 4) is 17.1 Å². The topological polar surface area (TPSA) is 63.4 Å². The number of halogens is 1. The van der Waals surface area contributed by atoms with E-state index in [1.165, 1.54) is 0 Å². The third-order valence-corrected chi connectivity index (χ3v) is 5.88. The van der Waals surface area contributed by atoms with Gasteiger partial charge in [0.1, 0.15) is 5.75 Å². The van der Waals surface area contributed by atoms with Crippen LogP contribution in [-0.2, 0) is 0 Å². The Hall–Kier alpha value is -2.90. The van der Waals surface area contributed by atoms with Gasteiger partial charge in [0.05, 0.1) is 18.2 Å². The molecule has 1 N–H and O–H groups in total. The van der Waals surface area contributed by atoms with E-state index in [0.717, 1.165) is 41.1 Å². The van der Waals surface area contributed by atoms with Crippen molar-refractivity contribution in [3.63, 3.8) is 0 Å². The molecule has 2 heterocycles. The monoisotopic (exact) mass is 468 g/mol. The third-order valence-electron chi connectivity index (χ3n) is 5.31. The summed E-state index contributed by atoms with van der Waals surface area (Å²) in [5, 5.41) is 9.01. The largest absolute Gasteiger partial charge is 0.494 e. The van der Waals surface area contributed by atoms with Gasteiger partial charge in [-0.05, 0) is 74.4 Å². The van der Waals surface area contributed by atoms with Gasteiger partial charge >= 0.3 is 0 Å². The van der Waals surface area contributed by atoms with Gasteiger partial charge in [0, 0.05) is 22.8 Å². The lowest BCUT2D eigenvalue weighted by Gasteiger charge is -2.37. The molecule has 0 spiro atoms. The minimum absolute atomic E-state index is 0.247. The smallest absolute Gasteiger partial charge is 0.258 e. The fraction of sp³-hybridized carbons (Fsp3) is 0.292. The molecule has 1 atom stereocenters. The SMILES string of the molecule is CCCN1C(=S)NC(c2cccc(Cl)c2)C(c2nc(-c3ccc(OCC)cc3)no2)=C1C. The zero-order chi connectivity index (χ0) is 22.7. The molecule has 0 amide bonds. The highest BCUT2D eigenvalue weighted by atomic mass is 35.5. The van der Waals surface area contributed by atoms with Crippen LogP contribution in [0.1, 0.15) is 44.7 Å². The van der Waals surface area contributed by atoms with Gasteiger partial charge in [0.2, 0.25) is 5.82 Å². The molecule has 2 aromatic carbocycles. The number of rotatable bonds is 7. The summed E-state index contributed by atoms with van der Waals surface area (Å²) in [7, 11) is 0. The Labute approximate surface area is 198 Å². The average Bonchev–Trinajstić information content (AvgIpc) is 3.26. The molecule has 0 saturated heterocycles. The summed E-state index contributed by atoms with van der Waals surface area (Å²) < 4.78 is 11.3. The van der Waals surface area contributed by atoms with Gasteiger partial charge in [-0.25, -0.2) is 0 Å². The van der Waals surface area contributed by atoms with Crippen molar-refractivity contribution < 1.29 is 9.26 Å². The number of nitrogens with one attached hydrogen (secondary N) is 1. The molecule has 166 valence electrons. The Morgan fingerprint density at radius 2 is 1.97 bits per heavy atom. The molecule has 8 heteroatoms. The van der Waals surface area contributed by atoms with Crippen LogP contribution in [0.25, 0.3) is 17.0 Å². The van der Waals surface area contributed by atoms with Crippen molar-refractivity contribution in [2.45, 2.75) is 33.2 Å². The number of benzene rings is 2. The van der Waals surface area contributed by atoms with Gasteiger partial charge in [-0.15, -0.1) is 0 Å². The lowest BCUT2D eigenvalue weighted by molar-refractivity contribution is 0.340. The summed E-state index contributed by atoms with van der Waals surface area (Å²) in [6.45, 7) is 7.53. The fourth-order valence-electron chi connectivity index (χ4n) is 3.80. The second-order valence-corrected chi connectivity index (χ2v) is 8.29. The zero-order valence-corrected chi connectivity index (χ0v) is 19.8. The van der Waals surface area contributed by atoms with Crippen LogP contribution in [0.15, 0.2) is 58.8 Å². The molecule has 1 aromatic heterocycles. The van der Waals surface area contributed by atoms with Gasteiger partial charge in [-0.1, -0.05) is 35.8 Å². The number of hydrogen-bond donors (Lipinski definition) is 1. The van der Waals surface area contributed by atoms with Gasteiger partial charge in [-0.3, -0.25) is 0 Å². The molecular formula is C24H25ClN4O2S. The van der Waals surface area contributed by atoms with Crippen molar-refractivity contribution in [3.05, 3.63) is 70.7 Å². The van der Waals surface area contributed by atoms with Crippen LogP contribution in [0.4, 0.5) is 0 Å². The van der Waals surface area contributed by atoms with E-state index in [1.54, 1.807) is 0 Å². The second kappa shape index (κ2) is 9.71. The molecule has 0 aliphatic carbocycles. The van der Waals surface area contributed by atoms with Crippen LogP contribution < -0.4 is 10.1 Å². The molecule has 1 aliphatic heterocycles. The quantitative estimate of drug-likeness (QED) is 0.435. The van der Waals surface area contributed by atoms with E-state index in [4.69, 9.17) is 38.1 Å². The summed E-state index contributed by atoms with van der Waals surface area (Å²) in [5.74, 6) is 1.77. The highest BCUT2D eigenvalue weighted by Crippen LogP contribution is 2.38. The molecule has 1 unspecified atom stereocenters. The molecule has 3 aromatic rings. The van der Waals surface area contributed by atoms with Crippen LogP contribution in [0, 0.1) is 0 Å². The maximum absolute atomic E-state index is 6.28.